The van der Waals surface area contributed by atoms with Crippen molar-refractivity contribution in [3.05, 3.63) is 39.9 Å². The molecule has 94 valence electrons. The molecule has 3 nitrogen and oxygen atoms in total. The van der Waals surface area contributed by atoms with Gasteiger partial charge in [-0.05, 0) is 59.7 Å². The first-order valence-corrected chi connectivity index (χ1v) is 7.42. The fourth-order valence-electron chi connectivity index (χ4n) is 2.41. The van der Waals surface area contributed by atoms with Crippen LogP contribution in [0.2, 0.25) is 0 Å². The molecule has 0 bridgehead atoms. The highest BCUT2D eigenvalue weighted by Gasteiger charge is 2.16. The molecule has 1 aliphatic heterocycles. The van der Waals surface area contributed by atoms with Crippen LogP contribution in [0.1, 0.15) is 18.7 Å². The second-order valence-corrected chi connectivity index (χ2v) is 5.99. The smallest absolute Gasteiger partial charge is 0.108 e. The summed E-state index contributed by atoms with van der Waals surface area (Å²) < 4.78 is 1.26. The zero-order valence-electron chi connectivity index (χ0n) is 10.1. The summed E-state index contributed by atoms with van der Waals surface area (Å²) in [5.41, 5.74) is 2.31. The fraction of sp³-hybridized carbons (Fsp3) is 0.357. The third-order valence-corrected chi connectivity index (χ3v) is 4.10. The van der Waals surface area contributed by atoms with Crippen LogP contribution < -0.4 is 5.32 Å². The first kappa shape index (κ1) is 12.2. The Bertz CT molecular complexity index is 512. The predicted octanol–water partition coefficient (Wildman–Crippen LogP) is 2.98. The summed E-state index contributed by atoms with van der Waals surface area (Å²) in [5.74, 6) is 1.09. The monoisotopic (exact) mass is 353 g/mol. The Morgan fingerprint density at radius 3 is 2.83 bits per heavy atom. The molecule has 1 aromatic carbocycles. The van der Waals surface area contributed by atoms with Gasteiger partial charge >= 0.3 is 0 Å². The number of halogens is 1. The molecule has 2 heterocycles. The summed E-state index contributed by atoms with van der Waals surface area (Å²) in [4.78, 5) is 7.90. The van der Waals surface area contributed by atoms with E-state index in [1.54, 1.807) is 0 Å². The zero-order chi connectivity index (χ0) is 12.4. The number of hydrogen-bond donors (Lipinski definition) is 2. The van der Waals surface area contributed by atoms with Crippen LogP contribution in [-0.2, 0) is 6.42 Å². The third kappa shape index (κ3) is 2.75. The lowest BCUT2D eigenvalue weighted by atomic mass is 10.1. The van der Waals surface area contributed by atoms with Crippen molar-refractivity contribution in [1.82, 2.24) is 15.3 Å². The van der Waals surface area contributed by atoms with E-state index in [0.29, 0.717) is 6.04 Å². The van der Waals surface area contributed by atoms with Gasteiger partial charge in [-0.1, -0.05) is 12.1 Å². The Kier molecular flexibility index (Phi) is 3.65. The summed E-state index contributed by atoms with van der Waals surface area (Å²) in [6.07, 6.45) is 5.49. The standard InChI is InChI=1S/C14H16IN3/c15-11-5-3-10(4-6-11)13-9-17-14(18-13)8-12-2-1-7-16-12/h3-6,9,12,16H,1-2,7-8H2,(H,17,18). The van der Waals surface area contributed by atoms with Gasteiger partial charge in [0.2, 0.25) is 0 Å². The lowest BCUT2D eigenvalue weighted by molar-refractivity contribution is 0.589. The number of H-pyrrole nitrogens is 1. The lowest BCUT2D eigenvalue weighted by Crippen LogP contribution is -2.24. The molecular weight excluding hydrogens is 337 g/mol. The molecule has 0 saturated carbocycles. The number of nitrogens with zero attached hydrogens (tertiary/aromatic N) is 1. The van der Waals surface area contributed by atoms with E-state index in [2.05, 4.69) is 62.1 Å². The maximum atomic E-state index is 4.48. The van der Waals surface area contributed by atoms with Crippen molar-refractivity contribution in [2.24, 2.45) is 0 Å². The van der Waals surface area contributed by atoms with E-state index in [-0.39, 0.29) is 0 Å². The molecule has 0 radical (unpaired) electrons. The van der Waals surface area contributed by atoms with E-state index in [1.807, 2.05) is 6.20 Å². The molecule has 1 unspecified atom stereocenters. The number of imidazole rings is 1. The Morgan fingerprint density at radius 2 is 2.11 bits per heavy atom. The third-order valence-electron chi connectivity index (χ3n) is 3.39. The van der Waals surface area contributed by atoms with Crippen LogP contribution in [0.4, 0.5) is 0 Å². The van der Waals surface area contributed by atoms with Gasteiger partial charge in [-0.2, -0.15) is 0 Å². The number of aromatic amines is 1. The molecule has 2 aromatic rings. The SMILES string of the molecule is Ic1ccc(-c2cnc(CC3CCCN3)[nH]2)cc1. The number of benzene rings is 1. The van der Waals surface area contributed by atoms with Crippen molar-refractivity contribution in [2.45, 2.75) is 25.3 Å². The minimum absolute atomic E-state index is 0.598. The molecule has 1 aliphatic rings. The van der Waals surface area contributed by atoms with Crippen molar-refractivity contribution in [3.8, 4) is 11.3 Å². The van der Waals surface area contributed by atoms with Gasteiger partial charge in [0.25, 0.3) is 0 Å². The lowest BCUT2D eigenvalue weighted by Gasteiger charge is -2.06. The molecule has 0 amide bonds. The molecule has 1 saturated heterocycles. The largest absolute Gasteiger partial charge is 0.342 e. The van der Waals surface area contributed by atoms with Crippen LogP contribution in [0.5, 0.6) is 0 Å². The summed E-state index contributed by atoms with van der Waals surface area (Å²) in [7, 11) is 0. The number of aromatic nitrogens is 2. The maximum Gasteiger partial charge on any atom is 0.108 e. The van der Waals surface area contributed by atoms with Crippen LogP contribution in [-0.4, -0.2) is 22.6 Å². The highest BCUT2D eigenvalue weighted by atomic mass is 127. The second-order valence-electron chi connectivity index (χ2n) is 4.75. The van der Waals surface area contributed by atoms with E-state index in [0.717, 1.165) is 24.5 Å². The van der Waals surface area contributed by atoms with Crippen LogP contribution in [0, 0.1) is 3.57 Å². The second kappa shape index (κ2) is 5.40. The quantitative estimate of drug-likeness (QED) is 0.833. The Balaban J connectivity index is 1.74. The summed E-state index contributed by atoms with van der Waals surface area (Å²) in [6.45, 7) is 1.15. The fourth-order valence-corrected chi connectivity index (χ4v) is 2.77. The van der Waals surface area contributed by atoms with Crippen molar-refractivity contribution in [2.75, 3.05) is 6.54 Å². The van der Waals surface area contributed by atoms with Crippen LogP contribution in [0.25, 0.3) is 11.3 Å². The van der Waals surface area contributed by atoms with Crippen molar-refractivity contribution in [1.29, 1.82) is 0 Å². The van der Waals surface area contributed by atoms with Crippen molar-refractivity contribution >= 4 is 22.6 Å². The van der Waals surface area contributed by atoms with Crippen LogP contribution in [0.15, 0.2) is 30.5 Å². The van der Waals surface area contributed by atoms with Gasteiger partial charge in [0.15, 0.2) is 0 Å². The van der Waals surface area contributed by atoms with Gasteiger partial charge in [-0.3, -0.25) is 0 Å². The van der Waals surface area contributed by atoms with Gasteiger partial charge in [-0.25, -0.2) is 4.98 Å². The topological polar surface area (TPSA) is 40.7 Å². The molecule has 18 heavy (non-hydrogen) atoms. The summed E-state index contributed by atoms with van der Waals surface area (Å²) in [6, 6.07) is 9.10. The first-order chi connectivity index (χ1) is 8.81. The molecule has 1 fully saturated rings. The van der Waals surface area contributed by atoms with Gasteiger partial charge in [0.1, 0.15) is 5.82 Å². The van der Waals surface area contributed by atoms with Crippen LogP contribution in [0.3, 0.4) is 0 Å². The number of nitrogens with one attached hydrogen (secondary N) is 2. The average Bonchev–Trinajstić information content (AvgIpc) is 3.02. The molecular formula is C14H16IN3. The minimum Gasteiger partial charge on any atom is -0.342 e. The highest BCUT2D eigenvalue weighted by molar-refractivity contribution is 14.1. The van der Waals surface area contributed by atoms with E-state index in [4.69, 9.17) is 0 Å². The van der Waals surface area contributed by atoms with Crippen molar-refractivity contribution in [3.63, 3.8) is 0 Å². The van der Waals surface area contributed by atoms with Crippen molar-refractivity contribution < 1.29 is 0 Å². The number of rotatable bonds is 3. The highest BCUT2D eigenvalue weighted by Crippen LogP contribution is 2.19. The Hall–Kier alpha value is -0.880. The summed E-state index contributed by atoms with van der Waals surface area (Å²) >= 11 is 2.32. The molecule has 2 N–H and O–H groups in total. The molecule has 0 aliphatic carbocycles. The van der Waals surface area contributed by atoms with E-state index >= 15 is 0 Å². The van der Waals surface area contributed by atoms with E-state index in [9.17, 15) is 0 Å². The zero-order valence-corrected chi connectivity index (χ0v) is 12.3. The van der Waals surface area contributed by atoms with Gasteiger partial charge in [0.05, 0.1) is 11.9 Å². The Labute approximate surface area is 121 Å². The van der Waals surface area contributed by atoms with E-state index in [1.165, 1.54) is 22.0 Å². The first-order valence-electron chi connectivity index (χ1n) is 6.34. The van der Waals surface area contributed by atoms with Gasteiger partial charge in [-0.15, -0.1) is 0 Å². The molecule has 1 atom stereocenters. The molecule has 3 rings (SSSR count). The summed E-state index contributed by atoms with van der Waals surface area (Å²) in [5, 5.41) is 3.50. The van der Waals surface area contributed by atoms with Gasteiger partial charge < -0.3 is 10.3 Å². The normalized spacial score (nSPS) is 19.3. The number of hydrogen-bond acceptors (Lipinski definition) is 2. The maximum absolute atomic E-state index is 4.48. The molecule has 4 heteroatoms. The van der Waals surface area contributed by atoms with E-state index < -0.39 is 0 Å². The predicted molar refractivity (Wildman–Crippen MR) is 81.5 cm³/mol. The average molecular weight is 353 g/mol. The molecule has 1 aromatic heterocycles. The minimum atomic E-state index is 0.598. The molecule has 0 spiro atoms. The van der Waals surface area contributed by atoms with Gasteiger partial charge in [0, 0.05) is 16.0 Å². The van der Waals surface area contributed by atoms with Crippen LogP contribution >= 0.6 is 22.6 Å². The Morgan fingerprint density at radius 1 is 1.28 bits per heavy atom.